The first-order chi connectivity index (χ1) is 7.35. The number of hydrogen-bond acceptors (Lipinski definition) is 4. The molecular formula is C10H13ClN2O3. The quantitative estimate of drug-likeness (QED) is 0.620. The van der Waals surface area contributed by atoms with E-state index >= 15 is 0 Å². The van der Waals surface area contributed by atoms with Crippen molar-refractivity contribution in [3.63, 3.8) is 0 Å². The molecule has 0 aliphatic heterocycles. The van der Waals surface area contributed by atoms with Gasteiger partial charge in [-0.3, -0.25) is 10.1 Å². The van der Waals surface area contributed by atoms with Crippen LogP contribution in [0.25, 0.3) is 0 Å². The van der Waals surface area contributed by atoms with Gasteiger partial charge in [-0.15, -0.1) is 0 Å². The van der Waals surface area contributed by atoms with Gasteiger partial charge in [0.15, 0.2) is 0 Å². The van der Waals surface area contributed by atoms with Crippen LogP contribution in [0.4, 0.5) is 5.69 Å². The number of nitro benzene ring substituents is 1. The Morgan fingerprint density at radius 1 is 1.62 bits per heavy atom. The topological polar surface area (TPSA) is 89.4 Å². The van der Waals surface area contributed by atoms with Gasteiger partial charge in [-0.2, -0.15) is 0 Å². The van der Waals surface area contributed by atoms with E-state index < -0.39 is 10.5 Å². The van der Waals surface area contributed by atoms with Crippen LogP contribution in [-0.4, -0.2) is 22.2 Å². The molecule has 0 fully saturated rings. The van der Waals surface area contributed by atoms with Crippen LogP contribution >= 0.6 is 11.6 Å². The Labute approximate surface area is 98.0 Å². The summed E-state index contributed by atoms with van der Waals surface area (Å²) in [7, 11) is 0. The Morgan fingerprint density at radius 3 is 2.69 bits per heavy atom. The molecule has 3 N–H and O–H groups in total. The maximum absolute atomic E-state index is 10.5. The third-order valence-corrected chi connectivity index (χ3v) is 2.48. The molecule has 0 aliphatic carbocycles. The number of nitro groups is 1. The lowest BCUT2D eigenvalue weighted by atomic mass is 9.95. The highest BCUT2D eigenvalue weighted by Gasteiger charge is 2.19. The molecule has 1 unspecified atom stereocenters. The average Bonchev–Trinajstić information content (AvgIpc) is 2.16. The van der Waals surface area contributed by atoms with Crippen molar-refractivity contribution in [2.24, 2.45) is 5.73 Å². The predicted molar refractivity (Wildman–Crippen MR) is 61.5 cm³/mol. The largest absolute Gasteiger partial charge is 0.394 e. The number of halogens is 1. The molecule has 5 nitrogen and oxygen atoms in total. The minimum atomic E-state index is -0.751. The van der Waals surface area contributed by atoms with E-state index in [9.17, 15) is 10.1 Å². The second kappa shape index (κ2) is 4.78. The van der Waals surface area contributed by atoms with Crippen LogP contribution in [0, 0.1) is 10.1 Å². The third kappa shape index (κ3) is 3.16. The van der Waals surface area contributed by atoms with Crippen molar-refractivity contribution in [1.82, 2.24) is 0 Å². The summed E-state index contributed by atoms with van der Waals surface area (Å²) in [4.78, 5) is 9.99. The second-order valence-electron chi connectivity index (χ2n) is 4.03. The standard InChI is InChI=1S/C10H13ClN2O3/c1-10(12,6-14)5-7-2-3-9(13(15)16)8(11)4-7/h2-4,14H,5-6,12H2,1H3. The number of nitrogens with two attached hydrogens (primary N) is 1. The summed E-state index contributed by atoms with van der Waals surface area (Å²) in [6, 6.07) is 4.43. The zero-order chi connectivity index (χ0) is 12.3. The molecule has 0 bridgehead atoms. The highest BCUT2D eigenvalue weighted by atomic mass is 35.5. The van der Waals surface area contributed by atoms with E-state index in [4.69, 9.17) is 22.4 Å². The van der Waals surface area contributed by atoms with Crippen LogP contribution in [0.15, 0.2) is 18.2 Å². The Morgan fingerprint density at radius 2 is 2.25 bits per heavy atom. The van der Waals surface area contributed by atoms with Gasteiger partial charge in [0.05, 0.1) is 11.5 Å². The van der Waals surface area contributed by atoms with Crippen molar-refractivity contribution >= 4 is 17.3 Å². The Hall–Kier alpha value is -1.17. The summed E-state index contributed by atoms with van der Waals surface area (Å²) in [5.74, 6) is 0. The number of hydrogen-bond donors (Lipinski definition) is 2. The number of aliphatic hydroxyl groups excluding tert-OH is 1. The number of benzene rings is 1. The molecule has 0 saturated heterocycles. The monoisotopic (exact) mass is 244 g/mol. The molecular weight excluding hydrogens is 232 g/mol. The van der Waals surface area contributed by atoms with Gasteiger partial charge in [0, 0.05) is 11.6 Å². The van der Waals surface area contributed by atoms with Crippen LogP contribution in [-0.2, 0) is 6.42 Å². The predicted octanol–water partition coefficient (Wildman–Crippen LogP) is 1.50. The molecule has 0 aromatic heterocycles. The van der Waals surface area contributed by atoms with Crippen molar-refractivity contribution in [2.75, 3.05) is 6.61 Å². The molecule has 0 saturated carbocycles. The maximum Gasteiger partial charge on any atom is 0.287 e. The number of rotatable bonds is 4. The molecule has 6 heteroatoms. The maximum atomic E-state index is 10.5. The Balaban J connectivity index is 2.94. The van der Waals surface area contributed by atoms with Crippen LogP contribution in [0.5, 0.6) is 0 Å². The van der Waals surface area contributed by atoms with Crippen molar-refractivity contribution in [2.45, 2.75) is 18.9 Å². The van der Waals surface area contributed by atoms with Crippen LogP contribution in [0.3, 0.4) is 0 Å². The molecule has 0 amide bonds. The first kappa shape index (κ1) is 12.9. The fourth-order valence-corrected chi connectivity index (χ4v) is 1.60. The van der Waals surface area contributed by atoms with E-state index in [1.807, 2.05) is 0 Å². The van der Waals surface area contributed by atoms with Crippen LogP contribution in [0.1, 0.15) is 12.5 Å². The van der Waals surface area contributed by atoms with E-state index in [1.54, 1.807) is 13.0 Å². The van der Waals surface area contributed by atoms with Crippen LogP contribution in [0.2, 0.25) is 5.02 Å². The molecule has 0 heterocycles. The van der Waals surface area contributed by atoms with E-state index in [0.717, 1.165) is 5.56 Å². The minimum Gasteiger partial charge on any atom is -0.394 e. The molecule has 0 radical (unpaired) electrons. The van der Waals surface area contributed by atoms with Gasteiger partial charge in [-0.05, 0) is 25.0 Å². The van der Waals surface area contributed by atoms with E-state index in [-0.39, 0.29) is 17.3 Å². The van der Waals surface area contributed by atoms with E-state index in [1.165, 1.54) is 12.1 Å². The SMILES string of the molecule is CC(N)(CO)Cc1ccc([N+](=O)[O-])c(Cl)c1. The molecule has 0 spiro atoms. The summed E-state index contributed by atoms with van der Waals surface area (Å²) < 4.78 is 0. The Bertz CT molecular complexity index is 407. The number of aliphatic hydroxyl groups is 1. The molecule has 1 rings (SSSR count). The lowest BCUT2D eigenvalue weighted by Crippen LogP contribution is -2.42. The lowest BCUT2D eigenvalue weighted by Gasteiger charge is -2.21. The molecule has 1 atom stereocenters. The zero-order valence-corrected chi connectivity index (χ0v) is 9.57. The summed E-state index contributed by atoms with van der Waals surface area (Å²) in [5.41, 5.74) is 5.65. The van der Waals surface area contributed by atoms with E-state index in [2.05, 4.69) is 0 Å². The van der Waals surface area contributed by atoms with Gasteiger partial charge < -0.3 is 10.8 Å². The van der Waals surface area contributed by atoms with Crippen LogP contribution < -0.4 is 5.73 Å². The van der Waals surface area contributed by atoms with Crippen molar-refractivity contribution in [3.8, 4) is 0 Å². The Kier molecular flexibility index (Phi) is 3.85. The summed E-state index contributed by atoms with van der Waals surface area (Å²) in [6.07, 6.45) is 0.404. The minimum absolute atomic E-state index is 0.0799. The zero-order valence-electron chi connectivity index (χ0n) is 8.81. The molecule has 16 heavy (non-hydrogen) atoms. The first-order valence-corrected chi connectivity index (χ1v) is 5.06. The summed E-state index contributed by atoms with van der Waals surface area (Å²) >= 11 is 5.75. The summed E-state index contributed by atoms with van der Waals surface area (Å²) in [6.45, 7) is 1.53. The molecule has 0 aliphatic rings. The fourth-order valence-electron chi connectivity index (χ4n) is 1.33. The number of nitrogens with zero attached hydrogens (tertiary/aromatic N) is 1. The van der Waals surface area contributed by atoms with Gasteiger partial charge in [-0.1, -0.05) is 17.7 Å². The molecule has 1 aromatic rings. The first-order valence-electron chi connectivity index (χ1n) is 4.68. The lowest BCUT2D eigenvalue weighted by molar-refractivity contribution is -0.384. The highest BCUT2D eigenvalue weighted by Crippen LogP contribution is 2.26. The average molecular weight is 245 g/mol. The van der Waals surface area contributed by atoms with Gasteiger partial charge in [0.25, 0.3) is 5.69 Å². The van der Waals surface area contributed by atoms with Crippen molar-refractivity contribution < 1.29 is 10.0 Å². The summed E-state index contributed by atoms with van der Waals surface area (Å²) in [5, 5.41) is 19.6. The fraction of sp³-hybridized carbons (Fsp3) is 0.400. The van der Waals surface area contributed by atoms with Gasteiger partial charge in [0.2, 0.25) is 0 Å². The van der Waals surface area contributed by atoms with Gasteiger partial charge in [0.1, 0.15) is 5.02 Å². The highest BCUT2D eigenvalue weighted by molar-refractivity contribution is 6.32. The smallest absolute Gasteiger partial charge is 0.287 e. The van der Waals surface area contributed by atoms with Crippen molar-refractivity contribution in [3.05, 3.63) is 38.9 Å². The van der Waals surface area contributed by atoms with E-state index in [0.29, 0.717) is 6.42 Å². The second-order valence-corrected chi connectivity index (χ2v) is 4.44. The normalized spacial score (nSPS) is 14.5. The van der Waals surface area contributed by atoms with Gasteiger partial charge >= 0.3 is 0 Å². The molecule has 88 valence electrons. The third-order valence-electron chi connectivity index (χ3n) is 2.18. The van der Waals surface area contributed by atoms with Gasteiger partial charge in [-0.25, -0.2) is 0 Å². The van der Waals surface area contributed by atoms with Crippen molar-refractivity contribution in [1.29, 1.82) is 0 Å². The molecule has 1 aromatic carbocycles.